The fourth-order valence-corrected chi connectivity index (χ4v) is 3.19. The Bertz CT molecular complexity index is 824. The minimum Gasteiger partial charge on any atom is -0.450 e. The summed E-state index contributed by atoms with van der Waals surface area (Å²) in [4.78, 5) is 24.6. The summed E-state index contributed by atoms with van der Waals surface area (Å²) in [5.41, 5.74) is 3.96. The van der Waals surface area contributed by atoms with Gasteiger partial charge in [-0.1, -0.05) is 25.2 Å². The fourth-order valence-electron chi connectivity index (χ4n) is 3.19. The van der Waals surface area contributed by atoms with Gasteiger partial charge in [-0.2, -0.15) is 0 Å². The van der Waals surface area contributed by atoms with E-state index < -0.39 is 6.09 Å². The Kier molecular flexibility index (Phi) is 6.08. The number of hydrogen-bond acceptors (Lipinski definition) is 5. The lowest BCUT2D eigenvalue weighted by Gasteiger charge is -2.21. The van der Waals surface area contributed by atoms with Gasteiger partial charge in [-0.05, 0) is 49.7 Å². The number of carbonyl (C=O) groups is 2. The maximum Gasteiger partial charge on any atom is 0.411 e. The van der Waals surface area contributed by atoms with Crippen molar-refractivity contribution in [2.45, 2.75) is 26.3 Å². The highest BCUT2D eigenvalue weighted by atomic mass is 16.5. The molecule has 27 heavy (non-hydrogen) atoms. The lowest BCUT2D eigenvalue weighted by atomic mass is 9.95. The molecule has 0 bridgehead atoms. The molecular weight excluding hydrogens is 342 g/mol. The van der Waals surface area contributed by atoms with Crippen LogP contribution in [-0.2, 0) is 9.53 Å². The minimum atomic E-state index is -0.510. The van der Waals surface area contributed by atoms with Crippen LogP contribution in [0.2, 0.25) is 0 Å². The van der Waals surface area contributed by atoms with E-state index in [9.17, 15) is 9.59 Å². The van der Waals surface area contributed by atoms with Gasteiger partial charge in [0.05, 0.1) is 19.2 Å². The van der Waals surface area contributed by atoms with Crippen molar-refractivity contribution in [1.82, 2.24) is 5.32 Å². The van der Waals surface area contributed by atoms with Crippen LogP contribution in [-0.4, -0.2) is 37.6 Å². The predicted molar refractivity (Wildman–Crippen MR) is 108 cm³/mol. The monoisotopic (exact) mass is 367 g/mol. The van der Waals surface area contributed by atoms with Gasteiger partial charge in [0, 0.05) is 22.5 Å². The van der Waals surface area contributed by atoms with Gasteiger partial charge < -0.3 is 15.4 Å². The van der Waals surface area contributed by atoms with E-state index in [0.29, 0.717) is 17.9 Å². The molecule has 6 nitrogen and oxygen atoms in total. The highest BCUT2D eigenvalue weighted by Gasteiger charge is 2.25. The molecule has 3 N–H and O–H groups in total. The number of benzene rings is 1. The van der Waals surface area contributed by atoms with Crippen molar-refractivity contribution in [1.29, 1.82) is 0 Å². The number of likely N-dealkylation sites (N-methyl/N-ethyl adjacent to an activating group) is 1. The second kappa shape index (κ2) is 8.68. The molecule has 1 heterocycles. The zero-order valence-electron chi connectivity index (χ0n) is 15.7. The molecule has 0 saturated heterocycles. The number of nitrogens with one attached hydrogen (secondary N) is 3. The molecule has 2 aliphatic rings. The predicted octanol–water partition coefficient (Wildman–Crippen LogP) is 3.50. The van der Waals surface area contributed by atoms with E-state index in [-0.39, 0.29) is 18.4 Å². The SMILES string of the molecule is CCNCC(=O)C1=CC2=CC=CCC2Nc2ccc(NC(=O)OCC)cc21. The number of rotatable bonds is 6. The van der Waals surface area contributed by atoms with Gasteiger partial charge in [0.25, 0.3) is 0 Å². The van der Waals surface area contributed by atoms with Gasteiger partial charge in [-0.15, -0.1) is 0 Å². The molecule has 1 aliphatic carbocycles. The third-order valence-corrected chi connectivity index (χ3v) is 4.51. The number of amides is 1. The number of allylic oxidation sites excluding steroid dienone is 2. The molecule has 142 valence electrons. The largest absolute Gasteiger partial charge is 0.450 e. The first-order valence-corrected chi connectivity index (χ1v) is 9.29. The number of carbonyl (C=O) groups excluding carboxylic acids is 2. The van der Waals surface area contributed by atoms with E-state index in [4.69, 9.17) is 4.74 Å². The van der Waals surface area contributed by atoms with Crippen molar-refractivity contribution in [3.05, 3.63) is 53.6 Å². The zero-order valence-corrected chi connectivity index (χ0v) is 15.7. The van der Waals surface area contributed by atoms with E-state index in [1.165, 1.54) is 0 Å². The van der Waals surface area contributed by atoms with Crippen molar-refractivity contribution in [3.63, 3.8) is 0 Å². The number of Topliss-reactive ketones (excluding diaryl/α,β-unsaturated/α-hetero) is 1. The van der Waals surface area contributed by atoms with E-state index in [1.54, 1.807) is 6.92 Å². The molecule has 6 heteroatoms. The Balaban J connectivity index is 1.99. The first kappa shape index (κ1) is 18.9. The third kappa shape index (κ3) is 4.46. The van der Waals surface area contributed by atoms with Crippen molar-refractivity contribution in [2.24, 2.45) is 0 Å². The Hall–Kier alpha value is -2.86. The van der Waals surface area contributed by atoms with Crippen LogP contribution in [0.4, 0.5) is 16.2 Å². The van der Waals surface area contributed by atoms with Gasteiger partial charge in [0.2, 0.25) is 0 Å². The summed E-state index contributed by atoms with van der Waals surface area (Å²) in [5, 5.41) is 9.33. The topological polar surface area (TPSA) is 79.5 Å². The average molecular weight is 367 g/mol. The summed E-state index contributed by atoms with van der Waals surface area (Å²) in [6.07, 6.45) is 8.46. The third-order valence-electron chi connectivity index (χ3n) is 4.51. The van der Waals surface area contributed by atoms with E-state index >= 15 is 0 Å². The number of ether oxygens (including phenoxy) is 1. The molecule has 1 unspecified atom stereocenters. The van der Waals surface area contributed by atoms with Gasteiger partial charge in [-0.3, -0.25) is 10.1 Å². The molecular formula is C21H25N3O3. The summed E-state index contributed by atoms with van der Waals surface area (Å²) < 4.78 is 4.94. The minimum absolute atomic E-state index is 0.0179. The molecule has 1 amide bonds. The maximum absolute atomic E-state index is 12.9. The normalized spacial score (nSPS) is 17.5. The van der Waals surface area contributed by atoms with Gasteiger partial charge in [-0.25, -0.2) is 4.79 Å². The summed E-state index contributed by atoms with van der Waals surface area (Å²) in [5.74, 6) is 0.0179. The summed E-state index contributed by atoms with van der Waals surface area (Å²) in [6.45, 7) is 5.02. The molecule has 0 radical (unpaired) electrons. The molecule has 0 spiro atoms. The molecule has 1 atom stereocenters. The van der Waals surface area contributed by atoms with Crippen LogP contribution in [0, 0.1) is 0 Å². The molecule has 0 fully saturated rings. The molecule has 0 saturated carbocycles. The average Bonchev–Trinajstić information content (AvgIpc) is 2.83. The van der Waals surface area contributed by atoms with Crippen molar-refractivity contribution >= 4 is 28.8 Å². The lowest BCUT2D eigenvalue weighted by molar-refractivity contribution is -0.113. The Morgan fingerprint density at radius 1 is 1.30 bits per heavy atom. The van der Waals surface area contributed by atoms with Crippen LogP contribution >= 0.6 is 0 Å². The number of anilines is 2. The molecule has 1 aromatic rings. The van der Waals surface area contributed by atoms with Crippen LogP contribution < -0.4 is 16.0 Å². The summed E-state index contributed by atoms with van der Waals surface area (Å²) in [6, 6.07) is 5.65. The number of fused-ring (bicyclic) bond motifs is 2. The summed E-state index contributed by atoms with van der Waals surface area (Å²) in [7, 11) is 0. The van der Waals surface area contributed by atoms with Crippen LogP contribution in [0.1, 0.15) is 25.8 Å². The number of hydrogen-bond donors (Lipinski definition) is 3. The maximum atomic E-state index is 12.9. The molecule has 3 rings (SSSR count). The standard InChI is InChI=1S/C21H25N3O3/c1-3-22-13-20(25)17-11-14-7-5-6-8-18(14)24-19-10-9-15(12-16(17)19)23-21(26)27-4-2/h5-7,9-12,18,22,24H,3-4,8,13H2,1-2H3,(H,23,26). The van der Waals surface area contributed by atoms with E-state index in [2.05, 4.69) is 22.0 Å². The first-order valence-electron chi connectivity index (χ1n) is 9.29. The summed E-state index contributed by atoms with van der Waals surface area (Å²) >= 11 is 0. The van der Waals surface area contributed by atoms with Crippen LogP contribution in [0.3, 0.4) is 0 Å². The molecule has 0 aromatic heterocycles. The van der Waals surface area contributed by atoms with E-state index in [0.717, 1.165) is 29.8 Å². The van der Waals surface area contributed by atoms with Gasteiger partial charge in [0.1, 0.15) is 0 Å². The van der Waals surface area contributed by atoms with Crippen LogP contribution in [0.25, 0.3) is 5.57 Å². The Labute approximate surface area is 159 Å². The van der Waals surface area contributed by atoms with Gasteiger partial charge in [0.15, 0.2) is 5.78 Å². The Morgan fingerprint density at radius 3 is 2.93 bits per heavy atom. The van der Waals surface area contributed by atoms with Crippen molar-refractivity contribution in [2.75, 3.05) is 30.3 Å². The molecule has 1 aromatic carbocycles. The van der Waals surface area contributed by atoms with Gasteiger partial charge >= 0.3 is 6.09 Å². The number of ketones is 1. The second-order valence-electron chi connectivity index (χ2n) is 6.39. The van der Waals surface area contributed by atoms with Crippen molar-refractivity contribution < 1.29 is 14.3 Å². The first-order chi connectivity index (χ1) is 13.1. The molecule has 1 aliphatic heterocycles. The lowest BCUT2D eigenvalue weighted by Crippen LogP contribution is -2.23. The van der Waals surface area contributed by atoms with E-state index in [1.807, 2.05) is 43.4 Å². The zero-order chi connectivity index (χ0) is 19.2. The van der Waals surface area contributed by atoms with Crippen molar-refractivity contribution in [3.8, 4) is 0 Å². The Morgan fingerprint density at radius 2 is 2.15 bits per heavy atom. The smallest absolute Gasteiger partial charge is 0.411 e. The highest BCUT2D eigenvalue weighted by molar-refractivity contribution is 6.24. The quantitative estimate of drug-likeness (QED) is 0.717. The highest BCUT2D eigenvalue weighted by Crippen LogP contribution is 2.35. The second-order valence-corrected chi connectivity index (χ2v) is 6.39. The van der Waals surface area contributed by atoms with Crippen LogP contribution in [0.15, 0.2) is 48.1 Å². The van der Waals surface area contributed by atoms with Crippen LogP contribution in [0.5, 0.6) is 0 Å². The fraction of sp³-hybridized carbons (Fsp3) is 0.333.